The predicted octanol–water partition coefficient (Wildman–Crippen LogP) is 1.85. The summed E-state index contributed by atoms with van der Waals surface area (Å²) in [6.07, 6.45) is 0. The molecule has 0 aliphatic rings. The molecule has 0 aromatic heterocycles. The average Bonchev–Trinajstić information content (AvgIpc) is 2.60. The summed E-state index contributed by atoms with van der Waals surface area (Å²) in [5.41, 5.74) is 0.881. The molecular formula is C17H20N2O4S. The monoisotopic (exact) mass is 348 g/mol. The third kappa shape index (κ3) is 4.81. The van der Waals surface area contributed by atoms with Crippen LogP contribution in [-0.2, 0) is 14.8 Å². The van der Waals surface area contributed by atoms with Crippen LogP contribution in [-0.4, -0.2) is 28.0 Å². The van der Waals surface area contributed by atoms with Crippen LogP contribution in [0, 0.1) is 0 Å². The van der Waals surface area contributed by atoms with Gasteiger partial charge in [-0.25, -0.2) is 13.1 Å². The fourth-order valence-corrected chi connectivity index (χ4v) is 3.28. The summed E-state index contributed by atoms with van der Waals surface area (Å²) in [6.45, 7) is 1.67. The Morgan fingerprint density at radius 1 is 1.08 bits per heavy atom. The van der Waals surface area contributed by atoms with Gasteiger partial charge in [-0.3, -0.25) is 4.79 Å². The van der Waals surface area contributed by atoms with Gasteiger partial charge in [0.1, 0.15) is 5.75 Å². The van der Waals surface area contributed by atoms with Gasteiger partial charge in [0.25, 0.3) is 5.91 Å². The Morgan fingerprint density at radius 2 is 1.71 bits per heavy atom. The van der Waals surface area contributed by atoms with Crippen molar-refractivity contribution >= 4 is 15.9 Å². The highest BCUT2D eigenvalue weighted by Gasteiger charge is 2.18. The molecule has 0 bridgehead atoms. The van der Waals surface area contributed by atoms with Gasteiger partial charge in [-0.2, -0.15) is 0 Å². The van der Waals surface area contributed by atoms with Gasteiger partial charge in [-0.05, 0) is 36.8 Å². The van der Waals surface area contributed by atoms with E-state index in [0.29, 0.717) is 5.75 Å². The van der Waals surface area contributed by atoms with E-state index in [2.05, 4.69) is 10.0 Å². The minimum absolute atomic E-state index is 0.119. The van der Waals surface area contributed by atoms with E-state index in [-0.39, 0.29) is 23.5 Å². The average molecular weight is 348 g/mol. The van der Waals surface area contributed by atoms with Gasteiger partial charge >= 0.3 is 0 Å². The van der Waals surface area contributed by atoms with Gasteiger partial charge in [0.15, 0.2) is 6.61 Å². The SMILES string of the molecule is CNC(=O)COc1ccc(S(=O)(=O)NC(C)c2ccccc2)cc1. The molecule has 0 radical (unpaired) electrons. The highest BCUT2D eigenvalue weighted by atomic mass is 32.2. The third-order valence-electron chi connectivity index (χ3n) is 3.41. The molecule has 0 saturated heterocycles. The Kier molecular flexibility index (Phi) is 5.94. The Labute approximate surface area is 141 Å². The molecule has 0 saturated carbocycles. The van der Waals surface area contributed by atoms with Gasteiger partial charge in [0.05, 0.1) is 4.90 Å². The maximum absolute atomic E-state index is 12.4. The maximum atomic E-state index is 12.4. The molecule has 7 heteroatoms. The third-order valence-corrected chi connectivity index (χ3v) is 4.97. The number of carbonyl (C=O) groups excluding carboxylic acids is 1. The first kappa shape index (κ1) is 18.0. The van der Waals surface area contributed by atoms with E-state index in [9.17, 15) is 13.2 Å². The number of nitrogens with one attached hydrogen (secondary N) is 2. The zero-order chi connectivity index (χ0) is 17.6. The van der Waals surface area contributed by atoms with Crippen LogP contribution in [0.2, 0.25) is 0 Å². The predicted molar refractivity (Wildman–Crippen MR) is 91.2 cm³/mol. The molecule has 0 aliphatic heterocycles. The molecular weight excluding hydrogens is 328 g/mol. The van der Waals surface area contributed by atoms with E-state index < -0.39 is 10.0 Å². The molecule has 0 aliphatic carbocycles. The van der Waals surface area contributed by atoms with Crippen molar-refractivity contribution in [2.24, 2.45) is 0 Å². The first-order chi connectivity index (χ1) is 11.4. The Bertz CT molecular complexity index is 774. The fraction of sp³-hybridized carbons (Fsp3) is 0.235. The second-order valence-corrected chi connectivity index (χ2v) is 6.90. The summed E-state index contributed by atoms with van der Waals surface area (Å²) in [7, 11) is -2.13. The van der Waals surface area contributed by atoms with Gasteiger partial charge in [0.2, 0.25) is 10.0 Å². The van der Waals surface area contributed by atoms with E-state index >= 15 is 0 Å². The van der Waals surface area contributed by atoms with E-state index in [0.717, 1.165) is 5.56 Å². The molecule has 1 atom stereocenters. The van der Waals surface area contributed by atoms with Gasteiger partial charge in [-0.1, -0.05) is 30.3 Å². The number of hydrogen-bond acceptors (Lipinski definition) is 4. The molecule has 1 amide bonds. The quantitative estimate of drug-likeness (QED) is 0.800. The molecule has 2 N–H and O–H groups in total. The van der Waals surface area contributed by atoms with Crippen LogP contribution in [0.15, 0.2) is 59.5 Å². The van der Waals surface area contributed by atoms with Crippen molar-refractivity contribution in [3.05, 3.63) is 60.2 Å². The fourth-order valence-electron chi connectivity index (χ4n) is 2.05. The molecule has 128 valence electrons. The molecule has 2 aromatic rings. The molecule has 2 aromatic carbocycles. The van der Waals surface area contributed by atoms with Crippen molar-refractivity contribution in [3.63, 3.8) is 0 Å². The van der Waals surface area contributed by atoms with Crippen molar-refractivity contribution < 1.29 is 17.9 Å². The van der Waals surface area contributed by atoms with Crippen molar-refractivity contribution in [2.45, 2.75) is 17.9 Å². The van der Waals surface area contributed by atoms with Crippen molar-refractivity contribution in [3.8, 4) is 5.75 Å². The number of rotatable bonds is 7. The van der Waals surface area contributed by atoms with Crippen molar-refractivity contribution in [1.29, 1.82) is 0 Å². The smallest absolute Gasteiger partial charge is 0.257 e. The van der Waals surface area contributed by atoms with Crippen LogP contribution >= 0.6 is 0 Å². The lowest BCUT2D eigenvalue weighted by atomic mass is 10.1. The minimum atomic E-state index is -3.65. The van der Waals surface area contributed by atoms with Crippen LogP contribution in [0.1, 0.15) is 18.5 Å². The summed E-state index contributed by atoms with van der Waals surface area (Å²) < 4.78 is 32.7. The summed E-state index contributed by atoms with van der Waals surface area (Å²) in [6, 6.07) is 14.9. The molecule has 1 unspecified atom stereocenters. The first-order valence-corrected chi connectivity index (χ1v) is 8.91. The highest BCUT2D eigenvalue weighted by molar-refractivity contribution is 7.89. The number of sulfonamides is 1. The standard InChI is InChI=1S/C17H20N2O4S/c1-13(14-6-4-3-5-7-14)19-24(21,22)16-10-8-15(9-11-16)23-12-17(20)18-2/h3-11,13,19H,12H2,1-2H3,(H,18,20). The minimum Gasteiger partial charge on any atom is -0.484 e. The Hall–Kier alpha value is -2.38. The second-order valence-electron chi connectivity index (χ2n) is 5.19. The van der Waals surface area contributed by atoms with E-state index in [1.807, 2.05) is 30.3 Å². The topological polar surface area (TPSA) is 84.5 Å². The van der Waals surface area contributed by atoms with Crippen LogP contribution in [0.4, 0.5) is 0 Å². The van der Waals surface area contributed by atoms with E-state index in [1.54, 1.807) is 6.92 Å². The highest BCUT2D eigenvalue weighted by Crippen LogP contribution is 2.19. The second kappa shape index (κ2) is 7.94. The molecule has 0 spiro atoms. The lowest BCUT2D eigenvalue weighted by Gasteiger charge is -2.15. The number of amides is 1. The molecule has 2 rings (SSSR count). The number of ether oxygens (including phenoxy) is 1. The number of carbonyl (C=O) groups is 1. The number of benzene rings is 2. The van der Waals surface area contributed by atoms with Gasteiger partial charge in [0, 0.05) is 13.1 Å². The summed E-state index contributed by atoms with van der Waals surface area (Å²) in [5.74, 6) is 0.165. The zero-order valence-corrected chi connectivity index (χ0v) is 14.3. The lowest BCUT2D eigenvalue weighted by molar-refractivity contribution is -0.122. The van der Waals surface area contributed by atoms with Crippen LogP contribution in [0.5, 0.6) is 5.75 Å². The molecule has 0 fully saturated rings. The van der Waals surface area contributed by atoms with Crippen LogP contribution in [0.25, 0.3) is 0 Å². The maximum Gasteiger partial charge on any atom is 0.257 e. The van der Waals surface area contributed by atoms with E-state index in [4.69, 9.17) is 4.74 Å². The molecule has 24 heavy (non-hydrogen) atoms. The lowest BCUT2D eigenvalue weighted by Crippen LogP contribution is -2.27. The largest absolute Gasteiger partial charge is 0.484 e. The Balaban J connectivity index is 2.05. The van der Waals surface area contributed by atoms with Crippen LogP contribution in [0.3, 0.4) is 0 Å². The van der Waals surface area contributed by atoms with Gasteiger partial charge in [-0.15, -0.1) is 0 Å². The summed E-state index contributed by atoms with van der Waals surface area (Å²) >= 11 is 0. The van der Waals surface area contributed by atoms with Crippen molar-refractivity contribution in [2.75, 3.05) is 13.7 Å². The van der Waals surface area contributed by atoms with Gasteiger partial charge < -0.3 is 10.1 Å². The summed E-state index contributed by atoms with van der Waals surface area (Å²) in [5, 5.41) is 2.44. The first-order valence-electron chi connectivity index (χ1n) is 7.43. The van der Waals surface area contributed by atoms with Crippen LogP contribution < -0.4 is 14.8 Å². The van der Waals surface area contributed by atoms with E-state index in [1.165, 1.54) is 31.3 Å². The Morgan fingerprint density at radius 3 is 2.29 bits per heavy atom. The molecule has 6 nitrogen and oxygen atoms in total. The summed E-state index contributed by atoms with van der Waals surface area (Å²) in [4.78, 5) is 11.3. The molecule has 0 heterocycles. The number of likely N-dealkylation sites (N-methyl/N-ethyl adjacent to an activating group) is 1. The number of hydrogen-bond donors (Lipinski definition) is 2. The normalized spacial score (nSPS) is 12.4. The zero-order valence-electron chi connectivity index (χ0n) is 13.5. The van der Waals surface area contributed by atoms with Crippen molar-refractivity contribution in [1.82, 2.24) is 10.0 Å².